The monoisotopic (exact) mass is 213 g/mol. The van der Waals surface area contributed by atoms with Crippen molar-refractivity contribution in [3.63, 3.8) is 0 Å². The van der Waals surface area contributed by atoms with Crippen molar-refractivity contribution in [3.05, 3.63) is 0 Å². The predicted octanol–water partition coefficient (Wildman–Crippen LogP) is 0.479. The normalized spacial score (nSPS) is 16.7. The Hall–Kier alpha value is -1.39. The lowest BCUT2D eigenvalue weighted by Crippen LogP contribution is -2.41. The standard InChI is InChI=1S/C10H15NO4/c1-2-15-10(14)6-7-11-8(12)4-3-5-9(11)13/h2-7H2,1H3. The fraction of sp³-hybridized carbons (Fsp3) is 0.700. The highest BCUT2D eigenvalue weighted by Crippen LogP contribution is 2.12. The molecule has 0 aromatic rings. The second-order valence-electron chi connectivity index (χ2n) is 3.35. The average molecular weight is 213 g/mol. The third-order valence-electron chi connectivity index (χ3n) is 2.23. The van der Waals surface area contributed by atoms with Gasteiger partial charge in [-0.15, -0.1) is 0 Å². The van der Waals surface area contributed by atoms with Gasteiger partial charge >= 0.3 is 5.97 Å². The number of ether oxygens (including phenoxy) is 1. The topological polar surface area (TPSA) is 63.7 Å². The number of nitrogens with zero attached hydrogens (tertiary/aromatic N) is 1. The van der Waals surface area contributed by atoms with E-state index in [-0.39, 0.29) is 30.7 Å². The Kier molecular flexibility index (Phi) is 4.27. The third kappa shape index (κ3) is 3.34. The fourth-order valence-corrected chi connectivity index (χ4v) is 1.49. The van der Waals surface area contributed by atoms with Crippen molar-refractivity contribution in [1.29, 1.82) is 0 Å². The van der Waals surface area contributed by atoms with Gasteiger partial charge in [0.1, 0.15) is 0 Å². The summed E-state index contributed by atoms with van der Waals surface area (Å²) in [6, 6.07) is 0. The van der Waals surface area contributed by atoms with E-state index in [0.29, 0.717) is 25.9 Å². The maximum Gasteiger partial charge on any atom is 0.307 e. The molecule has 2 amide bonds. The van der Waals surface area contributed by atoms with Gasteiger partial charge in [0.2, 0.25) is 11.8 Å². The summed E-state index contributed by atoms with van der Waals surface area (Å²) in [6.07, 6.45) is 1.50. The lowest BCUT2D eigenvalue weighted by atomic mass is 10.1. The van der Waals surface area contributed by atoms with Gasteiger partial charge in [-0.25, -0.2) is 0 Å². The van der Waals surface area contributed by atoms with Crippen LogP contribution in [0.5, 0.6) is 0 Å². The molecule has 0 radical (unpaired) electrons. The van der Waals surface area contributed by atoms with Crippen LogP contribution in [0, 0.1) is 0 Å². The van der Waals surface area contributed by atoms with Crippen molar-refractivity contribution in [3.8, 4) is 0 Å². The summed E-state index contributed by atoms with van der Waals surface area (Å²) >= 11 is 0. The Balaban J connectivity index is 2.39. The molecule has 15 heavy (non-hydrogen) atoms. The van der Waals surface area contributed by atoms with Crippen LogP contribution in [0.15, 0.2) is 0 Å². The average Bonchev–Trinajstić information content (AvgIpc) is 2.17. The molecule has 0 spiro atoms. The van der Waals surface area contributed by atoms with Crippen molar-refractivity contribution >= 4 is 17.8 Å². The first-order valence-corrected chi connectivity index (χ1v) is 5.14. The van der Waals surface area contributed by atoms with Crippen molar-refractivity contribution < 1.29 is 19.1 Å². The molecule has 1 aliphatic heterocycles. The van der Waals surface area contributed by atoms with Gasteiger partial charge in [-0.3, -0.25) is 19.3 Å². The van der Waals surface area contributed by atoms with E-state index in [0.717, 1.165) is 4.90 Å². The lowest BCUT2D eigenvalue weighted by Gasteiger charge is -2.24. The molecule has 5 heteroatoms. The van der Waals surface area contributed by atoms with Crippen molar-refractivity contribution in [1.82, 2.24) is 4.90 Å². The first kappa shape index (κ1) is 11.7. The van der Waals surface area contributed by atoms with E-state index in [4.69, 9.17) is 4.74 Å². The summed E-state index contributed by atoms with van der Waals surface area (Å²) in [6.45, 7) is 2.19. The smallest absolute Gasteiger partial charge is 0.307 e. The quantitative estimate of drug-likeness (QED) is 0.503. The van der Waals surface area contributed by atoms with Crippen LogP contribution < -0.4 is 0 Å². The summed E-state index contributed by atoms with van der Waals surface area (Å²) in [5, 5.41) is 0. The summed E-state index contributed by atoms with van der Waals surface area (Å²) in [5.74, 6) is -0.741. The zero-order valence-corrected chi connectivity index (χ0v) is 8.82. The Morgan fingerprint density at radius 1 is 1.33 bits per heavy atom. The zero-order valence-electron chi connectivity index (χ0n) is 8.82. The van der Waals surface area contributed by atoms with Gasteiger partial charge in [0.15, 0.2) is 0 Å². The molecule has 0 saturated carbocycles. The van der Waals surface area contributed by atoms with Gasteiger partial charge in [-0.05, 0) is 13.3 Å². The highest BCUT2D eigenvalue weighted by atomic mass is 16.5. The number of rotatable bonds is 4. The molecule has 0 atom stereocenters. The van der Waals surface area contributed by atoms with Crippen LogP contribution in [-0.4, -0.2) is 35.8 Å². The van der Waals surface area contributed by atoms with E-state index in [1.165, 1.54) is 0 Å². The van der Waals surface area contributed by atoms with Gasteiger partial charge in [-0.2, -0.15) is 0 Å². The van der Waals surface area contributed by atoms with E-state index in [1.54, 1.807) is 6.92 Å². The molecule has 0 aromatic heterocycles. The third-order valence-corrected chi connectivity index (χ3v) is 2.23. The number of imide groups is 1. The van der Waals surface area contributed by atoms with Crippen LogP contribution in [0.4, 0.5) is 0 Å². The van der Waals surface area contributed by atoms with E-state index < -0.39 is 0 Å². The number of hydrogen-bond acceptors (Lipinski definition) is 4. The molecule has 84 valence electrons. The number of carbonyl (C=O) groups excluding carboxylic acids is 3. The van der Waals surface area contributed by atoms with Crippen molar-refractivity contribution in [2.45, 2.75) is 32.6 Å². The van der Waals surface area contributed by atoms with Crippen LogP contribution >= 0.6 is 0 Å². The minimum atomic E-state index is -0.372. The number of hydrogen-bond donors (Lipinski definition) is 0. The first-order chi connectivity index (χ1) is 7.15. The molecule has 1 rings (SSSR count). The highest BCUT2D eigenvalue weighted by Gasteiger charge is 2.25. The summed E-state index contributed by atoms with van der Waals surface area (Å²) in [4.78, 5) is 34.8. The number of carbonyl (C=O) groups is 3. The molecule has 1 aliphatic rings. The largest absolute Gasteiger partial charge is 0.466 e. The molecule has 1 heterocycles. The first-order valence-electron chi connectivity index (χ1n) is 5.14. The minimum absolute atomic E-state index is 0.0886. The van der Waals surface area contributed by atoms with Crippen LogP contribution in [-0.2, 0) is 19.1 Å². The van der Waals surface area contributed by atoms with Crippen LogP contribution in [0.3, 0.4) is 0 Å². The van der Waals surface area contributed by atoms with Crippen molar-refractivity contribution in [2.24, 2.45) is 0 Å². The van der Waals surface area contributed by atoms with Crippen molar-refractivity contribution in [2.75, 3.05) is 13.2 Å². The Bertz CT molecular complexity index is 259. The zero-order chi connectivity index (χ0) is 11.3. The SMILES string of the molecule is CCOC(=O)CCN1C(=O)CCCC1=O. The Morgan fingerprint density at radius 3 is 2.47 bits per heavy atom. The summed E-state index contributed by atoms with van der Waals surface area (Å²) < 4.78 is 4.72. The predicted molar refractivity (Wildman–Crippen MR) is 51.8 cm³/mol. The highest BCUT2D eigenvalue weighted by molar-refractivity contribution is 5.97. The number of likely N-dealkylation sites (tertiary alicyclic amines) is 1. The van der Waals surface area contributed by atoms with Gasteiger partial charge in [-0.1, -0.05) is 0 Å². The van der Waals surface area contributed by atoms with Gasteiger partial charge in [0.25, 0.3) is 0 Å². The molecule has 1 saturated heterocycles. The molecule has 0 N–H and O–H groups in total. The molecule has 0 aliphatic carbocycles. The summed E-state index contributed by atoms with van der Waals surface area (Å²) in [7, 11) is 0. The second kappa shape index (κ2) is 5.48. The molecule has 0 bridgehead atoms. The number of amides is 2. The number of piperidine rings is 1. The maximum absolute atomic E-state index is 11.3. The van der Waals surface area contributed by atoms with Crippen LogP contribution in [0.1, 0.15) is 32.6 Å². The minimum Gasteiger partial charge on any atom is -0.466 e. The number of esters is 1. The van der Waals surface area contributed by atoms with E-state index in [9.17, 15) is 14.4 Å². The second-order valence-corrected chi connectivity index (χ2v) is 3.35. The molecular formula is C10H15NO4. The van der Waals surface area contributed by atoms with E-state index in [2.05, 4.69) is 0 Å². The fourth-order valence-electron chi connectivity index (χ4n) is 1.49. The molecule has 0 unspecified atom stereocenters. The summed E-state index contributed by atoms with van der Waals surface area (Å²) in [5.41, 5.74) is 0. The van der Waals surface area contributed by atoms with E-state index in [1.807, 2.05) is 0 Å². The van der Waals surface area contributed by atoms with Gasteiger partial charge < -0.3 is 4.74 Å². The van der Waals surface area contributed by atoms with Gasteiger partial charge in [0, 0.05) is 19.4 Å². The molecule has 0 aromatic carbocycles. The molecule has 1 fully saturated rings. The molecular weight excluding hydrogens is 198 g/mol. The Morgan fingerprint density at radius 2 is 1.93 bits per heavy atom. The maximum atomic E-state index is 11.3. The van der Waals surface area contributed by atoms with Crippen LogP contribution in [0.25, 0.3) is 0 Å². The van der Waals surface area contributed by atoms with Gasteiger partial charge in [0.05, 0.1) is 13.0 Å². The molecule has 5 nitrogen and oxygen atoms in total. The van der Waals surface area contributed by atoms with E-state index >= 15 is 0 Å². The lowest BCUT2D eigenvalue weighted by molar-refractivity contribution is -0.149. The van der Waals surface area contributed by atoms with Crippen LogP contribution in [0.2, 0.25) is 0 Å². The Labute approximate surface area is 88.4 Å².